The highest BCUT2D eigenvalue weighted by Crippen LogP contribution is 2.58. The van der Waals surface area contributed by atoms with E-state index >= 15 is 0 Å². The maximum atomic E-state index is 5.44. The monoisotopic (exact) mass is 740 g/mol. The van der Waals surface area contributed by atoms with Gasteiger partial charge in [-0.1, -0.05) is 196 Å². The Labute approximate surface area is 340 Å². The van der Waals surface area contributed by atoms with Crippen molar-refractivity contribution >= 4 is 0 Å². The summed E-state index contributed by atoms with van der Waals surface area (Å²) in [6.45, 7) is 4.69. The summed E-state index contributed by atoms with van der Waals surface area (Å²) in [5.41, 5.74) is 19.3. The number of nitrogens with zero attached hydrogens (tertiary/aromatic N) is 2. The first-order chi connectivity index (χ1) is 28.5. The smallest absolute Gasteiger partial charge is 0.161 e. The number of hydrogen-bond acceptors (Lipinski definition) is 2. The van der Waals surface area contributed by atoms with Crippen LogP contribution in [0.2, 0.25) is 0 Å². The van der Waals surface area contributed by atoms with Gasteiger partial charge in [0.25, 0.3) is 0 Å². The summed E-state index contributed by atoms with van der Waals surface area (Å²) in [4.78, 5) is 10.9. The largest absolute Gasteiger partial charge is 0.228 e. The van der Waals surface area contributed by atoms with Crippen LogP contribution in [0.25, 0.3) is 67.3 Å². The van der Waals surface area contributed by atoms with E-state index in [4.69, 9.17) is 9.97 Å². The van der Waals surface area contributed by atoms with Crippen molar-refractivity contribution in [3.63, 3.8) is 0 Å². The van der Waals surface area contributed by atoms with Gasteiger partial charge in [0.15, 0.2) is 5.82 Å². The minimum absolute atomic E-state index is 0.0969. The lowest BCUT2D eigenvalue weighted by atomic mass is 9.67. The highest BCUT2D eigenvalue weighted by Gasteiger charge is 2.47. The molecule has 2 nitrogen and oxygen atoms in total. The van der Waals surface area contributed by atoms with Gasteiger partial charge in [0, 0.05) is 22.1 Å². The van der Waals surface area contributed by atoms with Crippen molar-refractivity contribution in [3.05, 3.63) is 240 Å². The van der Waals surface area contributed by atoms with E-state index in [-0.39, 0.29) is 5.41 Å². The summed E-state index contributed by atoms with van der Waals surface area (Å²) < 4.78 is 0. The normalized spacial score (nSPS) is 14.0. The van der Waals surface area contributed by atoms with Crippen LogP contribution in [0.15, 0.2) is 206 Å². The van der Waals surface area contributed by atoms with Crippen LogP contribution in [0.1, 0.15) is 47.2 Å². The minimum Gasteiger partial charge on any atom is -0.228 e. The number of fused-ring (bicyclic) bond motifs is 6. The van der Waals surface area contributed by atoms with Gasteiger partial charge in [-0.15, -0.1) is 0 Å². The van der Waals surface area contributed by atoms with Crippen molar-refractivity contribution < 1.29 is 0 Å². The van der Waals surface area contributed by atoms with Gasteiger partial charge < -0.3 is 0 Å². The zero-order valence-corrected chi connectivity index (χ0v) is 32.5. The molecule has 11 rings (SSSR count). The zero-order valence-electron chi connectivity index (χ0n) is 32.5. The Bertz CT molecular complexity index is 2910. The second-order valence-corrected chi connectivity index (χ2v) is 16.1. The molecule has 1 aromatic heterocycles. The maximum Gasteiger partial charge on any atom is 0.161 e. The molecular weight excluding hydrogens is 701 g/mol. The number of rotatable bonds is 6. The number of benzene rings is 8. The van der Waals surface area contributed by atoms with Crippen LogP contribution in [0.4, 0.5) is 0 Å². The van der Waals surface area contributed by atoms with Crippen LogP contribution >= 0.6 is 0 Å². The van der Waals surface area contributed by atoms with Gasteiger partial charge in [-0.25, -0.2) is 9.97 Å². The van der Waals surface area contributed by atoms with E-state index < -0.39 is 5.41 Å². The molecule has 2 heteroatoms. The summed E-state index contributed by atoms with van der Waals surface area (Å²) >= 11 is 0. The molecule has 8 aromatic carbocycles. The lowest BCUT2D eigenvalue weighted by molar-refractivity contribution is 0.660. The van der Waals surface area contributed by atoms with Crippen molar-refractivity contribution in [3.8, 4) is 67.3 Å². The Hall–Kier alpha value is -7.16. The van der Waals surface area contributed by atoms with Crippen LogP contribution < -0.4 is 0 Å². The van der Waals surface area contributed by atoms with Gasteiger partial charge in [0.05, 0.1) is 16.8 Å². The minimum atomic E-state index is -0.547. The molecule has 0 amide bonds. The first-order valence-electron chi connectivity index (χ1n) is 20.2. The van der Waals surface area contributed by atoms with E-state index in [1.807, 2.05) is 0 Å². The Morgan fingerprint density at radius 1 is 0.310 bits per heavy atom. The molecule has 0 N–H and O–H groups in total. The van der Waals surface area contributed by atoms with Crippen LogP contribution in [0.3, 0.4) is 0 Å². The molecule has 0 bridgehead atoms. The molecule has 0 unspecified atom stereocenters. The molecule has 0 spiro atoms. The van der Waals surface area contributed by atoms with E-state index in [1.165, 1.54) is 55.6 Å². The van der Waals surface area contributed by atoms with E-state index in [2.05, 4.69) is 220 Å². The standard InChI is InChI=1S/C56H40N2/c1-55(2)48-29-17-15-27-42(48)45-33-39(31-32-49(45)55)44-35-51-46(43-28-16-18-30-50(43)56(51,40-23-11-5-12-24-40)41-25-13-6-14-26-41)34-47(44)54-57-52(37-19-7-3-8-20-37)36-53(58-54)38-21-9-4-10-22-38/h3-36H,1-2H3. The van der Waals surface area contributed by atoms with Crippen molar-refractivity contribution in [2.24, 2.45) is 0 Å². The summed E-state index contributed by atoms with van der Waals surface area (Å²) in [6, 6.07) is 75.0. The first-order valence-corrected chi connectivity index (χ1v) is 20.2. The van der Waals surface area contributed by atoms with Crippen LogP contribution in [0.5, 0.6) is 0 Å². The predicted molar refractivity (Wildman–Crippen MR) is 239 cm³/mol. The second-order valence-electron chi connectivity index (χ2n) is 16.1. The average molecular weight is 741 g/mol. The molecule has 0 fully saturated rings. The van der Waals surface area contributed by atoms with Gasteiger partial charge in [0.1, 0.15) is 0 Å². The topological polar surface area (TPSA) is 25.8 Å². The molecule has 0 aliphatic heterocycles. The third-order valence-electron chi connectivity index (χ3n) is 12.6. The molecule has 58 heavy (non-hydrogen) atoms. The fourth-order valence-electron chi connectivity index (χ4n) is 9.88. The molecule has 2 aliphatic carbocycles. The Morgan fingerprint density at radius 2 is 0.776 bits per heavy atom. The number of hydrogen-bond donors (Lipinski definition) is 0. The first kappa shape index (κ1) is 34.1. The lowest BCUT2D eigenvalue weighted by Crippen LogP contribution is -2.28. The van der Waals surface area contributed by atoms with E-state index in [9.17, 15) is 0 Å². The predicted octanol–water partition coefficient (Wildman–Crippen LogP) is 13.8. The molecule has 0 saturated heterocycles. The van der Waals surface area contributed by atoms with Gasteiger partial charge in [0.2, 0.25) is 0 Å². The quantitative estimate of drug-likeness (QED) is 0.170. The summed E-state index contributed by atoms with van der Waals surface area (Å²) in [6.07, 6.45) is 0. The summed E-state index contributed by atoms with van der Waals surface area (Å²) in [5, 5.41) is 0. The lowest BCUT2D eigenvalue weighted by Gasteiger charge is -2.34. The van der Waals surface area contributed by atoms with Gasteiger partial charge >= 0.3 is 0 Å². The highest BCUT2D eigenvalue weighted by molar-refractivity contribution is 5.95. The Balaban J connectivity index is 1.26. The second kappa shape index (κ2) is 13.2. The van der Waals surface area contributed by atoms with E-state index in [0.29, 0.717) is 5.82 Å². The van der Waals surface area contributed by atoms with Crippen molar-refractivity contribution in [1.29, 1.82) is 0 Å². The fourth-order valence-corrected chi connectivity index (χ4v) is 9.88. The molecule has 0 radical (unpaired) electrons. The van der Waals surface area contributed by atoms with Crippen molar-refractivity contribution in [2.45, 2.75) is 24.7 Å². The Kier molecular flexibility index (Phi) is 7.78. The fraction of sp³-hybridized carbons (Fsp3) is 0.0714. The maximum absolute atomic E-state index is 5.44. The van der Waals surface area contributed by atoms with Crippen molar-refractivity contribution in [2.75, 3.05) is 0 Å². The molecular formula is C56H40N2. The Morgan fingerprint density at radius 3 is 1.36 bits per heavy atom. The zero-order chi connectivity index (χ0) is 38.8. The third kappa shape index (κ3) is 5.11. The molecule has 0 atom stereocenters. The molecule has 0 saturated carbocycles. The van der Waals surface area contributed by atoms with Gasteiger partial charge in [-0.05, 0) is 91.0 Å². The van der Waals surface area contributed by atoms with E-state index in [1.54, 1.807) is 0 Å². The average Bonchev–Trinajstić information content (AvgIpc) is 3.72. The number of aromatic nitrogens is 2. The molecule has 2 aliphatic rings. The van der Waals surface area contributed by atoms with Crippen LogP contribution in [-0.2, 0) is 10.8 Å². The van der Waals surface area contributed by atoms with Crippen molar-refractivity contribution in [1.82, 2.24) is 9.97 Å². The third-order valence-corrected chi connectivity index (χ3v) is 12.6. The molecule has 274 valence electrons. The summed E-state index contributed by atoms with van der Waals surface area (Å²) in [7, 11) is 0. The van der Waals surface area contributed by atoms with Gasteiger partial charge in [-0.3, -0.25) is 0 Å². The van der Waals surface area contributed by atoms with Gasteiger partial charge in [-0.2, -0.15) is 0 Å². The SMILES string of the molecule is CC1(C)c2ccccc2-c2cc(-c3cc4c(cc3-c3nc(-c5ccccc5)cc(-c5ccccc5)n3)-c3ccccc3C4(c3ccccc3)c3ccccc3)ccc21. The van der Waals surface area contributed by atoms with Crippen LogP contribution in [-0.4, -0.2) is 9.97 Å². The molecule has 1 heterocycles. The molecule has 9 aromatic rings. The summed E-state index contributed by atoms with van der Waals surface area (Å²) in [5.74, 6) is 0.702. The highest BCUT2D eigenvalue weighted by atomic mass is 14.9. The van der Waals surface area contributed by atoms with E-state index in [0.717, 1.165) is 39.2 Å². The van der Waals surface area contributed by atoms with Crippen LogP contribution in [0, 0.1) is 0 Å².